The number of benzene rings is 2. The second-order valence-electron chi connectivity index (χ2n) is 4.56. The van der Waals surface area contributed by atoms with Crippen molar-refractivity contribution in [1.82, 2.24) is 5.43 Å². The van der Waals surface area contributed by atoms with Gasteiger partial charge in [0.2, 0.25) is 0 Å². The second-order valence-corrected chi connectivity index (χ2v) is 5.44. The number of hydrogen-bond donors (Lipinski definition) is 2. The summed E-state index contributed by atoms with van der Waals surface area (Å²) in [5.41, 5.74) is 9.63. The van der Waals surface area contributed by atoms with Crippen molar-refractivity contribution in [3.8, 4) is 11.5 Å². The Morgan fingerprint density at radius 3 is 2.65 bits per heavy atom. The van der Waals surface area contributed by atoms with Crippen LogP contribution in [0.1, 0.15) is 11.1 Å². The van der Waals surface area contributed by atoms with Gasteiger partial charge in [-0.25, -0.2) is 0 Å². The molecular formula is C16H16ClN3O2S. The summed E-state index contributed by atoms with van der Waals surface area (Å²) in [6.45, 7) is 0.421. The molecule has 0 saturated heterocycles. The quantitative estimate of drug-likeness (QED) is 0.476. The molecule has 5 nitrogen and oxygen atoms in total. The Balaban J connectivity index is 2.05. The zero-order chi connectivity index (χ0) is 16.7. The molecule has 0 aliphatic rings. The molecule has 2 aromatic carbocycles. The molecular weight excluding hydrogens is 334 g/mol. The first-order chi connectivity index (χ1) is 11.1. The summed E-state index contributed by atoms with van der Waals surface area (Å²) < 4.78 is 11.1. The van der Waals surface area contributed by atoms with Gasteiger partial charge in [-0.3, -0.25) is 5.43 Å². The third-order valence-corrected chi connectivity index (χ3v) is 3.23. The fraction of sp³-hybridized carbons (Fsp3) is 0.125. The minimum atomic E-state index is 0.108. The Bertz CT molecular complexity index is 705. The molecule has 0 radical (unpaired) electrons. The smallest absolute Gasteiger partial charge is 0.184 e. The highest BCUT2D eigenvalue weighted by atomic mass is 35.5. The minimum Gasteiger partial charge on any atom is -0.493 e. The molecule has 0 aliphatic carbocycles. The van der Waals surface area contributed by atoms with Crippen LogP contribution in [0.3, 0.4) is 0 Å². The zero-order valence-corrected chi connectivity index (χ0v) is 14.0. The topological polar surface area (TPSA) is 68.9 Å². The van der Waals surface area contributed by atoms with Crippen molar-refractivity contribution in [3.63, 3.8) is 0 Å². The van der Waals surface area contributed by atoms with Crippen LogP contribution in [-0.2, 0) is 6.61 Å². The first kappa shape index (κ1) is 17.1. The van der Waals surface area contributed by atoms with E-state index in [1.165, 1.54) is 0 Å². The van der Waals surface area contributed by atoms with Crippen LogP contribution in [0.5, 0.6) is 11.5 Å². The summed E-state index contributed by atoms with van der Waals surface area (Å²) in [6, 6.07) is 13.0. The van der Waals surface area contributed by atoms with Crippen molar-refractivity contribution >= 4 is 35.1 Å². The summed E-state index contributed by atoms with van der Waals surface area (Å²) in [4.78, 5) is 0. The van der Waals surface area contributed by atoms with Gasteiger partial charge in [-0.2, -0.15) is 5.10 Å². The van der Waals surface area contributed by atoms with Gasteiger partial charge in [-0.05, 0) is 53.7 Å². The SMILES string of the molecule is COc1cc(/C=N/NC(N)=S)ccc1OCc1ccc(Cl)cc1. The normalized spacial score (nSPS) is 10.5. The summed E-state index contributed by atoms with van der Waals surface area (Å²) in [5.74, 6) is 1.25. The highest BCUT2D eigenvalue weighted by Gasteiger charge is 2.05. The van der Waals surface area contributed by atoms with Gasteiger partial charge in [-0.1, -0.05) is 23.7 Å². The van der Waals surface area contributed by atoms with Crippen LogP contribution in [0.15, 0.2) is 47.6 Å². The maximum absolute atomic E-state index is 5.86. The highest BCUT2D eigenvalue weighted by molar-refractivity contribution is 7.80. The van der Waals surface area contributed by atoms with Gasteiger partial charge in [0, 0.05) is 5.02 Å². The minimum absolute atomic E-state index is 0.108. The summed E-state index contributed by atoms with van der Waals surface area (Å²) >= 11 is 10.5. The van der Waals surface area contributed by atoms with E-state index in [2.05, 4.69) is 22.7 Å². The van der Waals surface area contributed by atoms with Crippen LogP contribution in [0.2, 0.25) is 5.02 Å². The van der Waals surface area contributed by atoms with Crippen molar-refractivity contribution < 1.29 is 9.47 Å². The number of hydrazone groups is 1. The van der Waals surface area contributed by atoms with Crippen LogP contribution < -0.4 is 20.6 Å². The van der Waals surface area contributed by atoms with E-state index in [0.717, 1.165) is 11.1 Å². The first-order valence-corrected chi connectivity index (χ1v) is 7.51. The molecule has 0 fully saturated rings. The maximum atomic E-state index is 5.86. The third kappa shape index (κ3) is 5.43. The van der Waals surface area contributed by atoms with Gasteiger partial charge < -0.3 is 15.2 Å². The molecule has 0 heterocycles. The van der Waals surface area contributed by atoms with E-state index < -0.39 is 0 Å². The molecule has 2 aromatic rings. The molecule has 3 N–H and O–H groups in total. The van der Waals surface area contributed by atoms with Gasteiger partial charge in [0.05, 0.1) is 13.3 Å². The van der Waals surface area contributed by atoms with Crippen molar-refractivity contribution in [1.29, 1.82) is 0 Å². The number of rotatable bonds is 6. The number of hydrogen-bond acceptors (Lipinski definition) is 4. The largest absolute Gasteiger partial charge is 0.493 e. The molecule has 2 rings (SSSR count). The highest BCUT2D eigenvalue weighted by Crippen LogP contribution is 2.28. The number of halogens is 1. The predicted molar refractivity (Wildman–Crippen MR) is 96.3 cm³/mol. The van der Waals surface area contributed by atoms with E-state index in [1.54, 1.807) is 13.3 Å². The van der Waals surface area contributed by atoms with E-state index in [4.69, 9.17) is 26.8 Å². The third-order valence-electron chi connectivity index (χ3n) is 2.88. The lowest BCUT2D eigenvalue weighted by molar-refractivity contribution is 0.284. The second kappa shape index (κ2) is 8.36. The number of methoxy groups -OCH3 is 1. The van der Waals surface area contributed by atoms with Gasteiger partial charge in [-0.15, -0.1) is 0 Å². The molecule has 0 saturated carbocycles. The monoisotopic (exact) mass is 349 g/mol. The van der Waals surface area contributed by atoms with Crippen molar-refractivity contribution in [2.45, 2.75) is 6.61 Å². The van der Waals surface area contributed by atoms with Gasteiger partial charge >= 0.3 is 0 Å². The number of nitrogens with zero attached hydrogens (tertiary/aromatic N) is 1. The standard InChI is InChI=1S/C16H16ClN3O2S/c1-21-15-8-12(9-19-20-16(18)23)4-7-14(15)22-10-11-2-5-13(17)6-3-11/h2-9H,10H2,1H3,(H3,18,20,23)/b19-9+. The molecule has 120 valence electrons. The Kier molecular flexibility index (Phi) is 6.19. The lowest BCUT2D eigenvalue weighted by atomic mass is 10.2. The zero-order valence-electron chi connectivity index (χ0n) is 12.5. The van der Waals surface area contributed by atoms with E-state index >= 15 is 0 Å². The fourth-order valence-corrected chi connectivity index (χ4v) is 1.97. The molecule has 0 spiro atoms. The van der Waals surface area contributed by atoms with Gasteiger partial charge in [0.15, 0.2) is 16.6 Å². The molecule has 0 amide bonds. The molecule has 7 heteroatoms. The maximum Gasteiger partial charge on any atom is 0.184 e. The number of ether oxygens (including phenoxy) is 2. The summed E-state index contributed by atoms with van der Waals surface area (Å²) in [6.07, 6.45) is 1.59. The van der Waals surface area contributed by atoms with E-state index in [0.29, 0.717) is 23.1 Å². The molecule has 0 atom stereocenters. The molecule has 0 aliphatic heterocycles. The average Bonchev–Trinajstić information content (AvgIpc) is 2.54. The number of nitrogens with two attached hydrogens (primary N) is 1. The van der Waals surface area contributed by atoms with Crippen LogP contribution in [0.25, 0.3) is 0 Å². The van der Waals surface area contributed by atoms with Gasteiger partial charge in [0.25, 0.3) is 0 Å². The van der Waals surface area contributed by atoms with Crippen molar-refractivity contribution in [2.24, 2.45) is 10.8 Å². The fourth-order valence-electron chi connectivity index (χ4n) is 1.80. The lowest BCUT2D eigenvalue weighted by Crippen LogP contribution is -2.23. The van der Waals surface area contributed by atoms with Crippen molar-refractivity contribution in [3.05, 3.63) is 58.6 Å². The summed E-state index contributed by atoms with van der Waals surface area (Å²) in [5, 5.41) is 4.70. The average molecular weight is 350 g/mol. The Morgan fingerprint density at radius 2 is 2.00 bits per heavy atom. The Hall–Kier alpha value is -2.31. The molecule has 23 heavy (non-hydrogen) atoms. The molecule has 0 bridgehead atoms. The van der Waals surface area contributed by atoms with Crippen LogP contribution >= 0.6 is 23.8 Å². The van der Waals surface area contributed by atoms with Crippen LogP contribution in [0, 0.1) is 0 Å². The van der Waals surface area contributed by atoms with E-state index in [-0.39, 0.29) is 5.11 Å². The van der Waals surface area contributed by atoms with Gasteiger partial charge in [0.1, 0.15) is 6.61 Å². The molecule has 0 aromatic heterocycles. The van der Waals surface area contributed by atoms with E-state index in [9.17, 15) is 0 Å². The first-order valence-electron chi connectivity index (χ1n) is 6.72. The van der Waals surface area contributed by atoms with Crippen LogP contribution in [0.4, 0.5) is 0 Å². The van der Waals surface area contributed by atoms with Crippen molar-refractivity contribution in [2.75, 3.05) is 7.11 Å². The van der Waals surface area contributed by atoms with E-state index in [1.807, 2.05) is 42.5 Å². The number of thiocarbonyl (C=S) groups is 1. The summed E-state index contributed by atoms with van der Waals surface area (Å²) in [7, 11) is 1.58. The van der Waals surface area contributed by atoms with Crippen LogP contribution in [-0.4, -0.2) is 18.4 Å². The predicted octanol–water partition coefficient (Wildman–Crippen LogP) is 3.09. The Labute approximate surface area is 145 Å². The molecule has 0 unspecified atom stereocenters. The number of nitrogens with one attached hydrogen (secondary N) is 1. The lowest BCUT2D eigenvalue weighted by Gasteiger charge is -2.11. The Morgan fingerprint density at radius 1 is 1.26 bits per heavy atom.